The molecule has 0 radical (unpaired) electrons. The molecule has 0 aliphatic rings. The van der Waals surface area contributed by atoms with E-state index < -0.39 is 17.8 Å². The molecule has 0 aromatic carbocycles. The van der Waals surface area contributed by atoms with Crippen LogP contribution in [0.25, 0.3) is 0 Å². The summed E-state index contributed by atoms with van der Waals surface area (Å²) in [5, 5.41) is 29.8. The molecule has 0 spiro atoms. The summed E-state index contributed by atoms with van der Waals surface area (Å²) >= 11 is 0. The van der Waals surface area contributed by atoms with Crippen LogP contribution in [0.2, 0.25) is 0 Å². The molecule has 1 heterocycles. The Hall–Kier alpha value is -1.33. The van der Waals surface area contributed by atoms with Crippen molar-refractivity contribution >= 4 is 0 Å². The first kappa shape index (κ1) is 18.7. The third kappa shape index (κ3) is 6.20. The van der Waals surface area contributed by atoms with E-state index in [4.69, 9.17) is 4.42 Å². The van der Waals surface area contributed by atoms with Crippen LogP contribution >= 0.6 is 0 Å². The lowest BCUT2D eigenvalue weighted by Gasteiger charge is -2.16. The van der Waals surface area contributed by atoms with Gasteiger partial charge in [0.25, 0.3) is 0 Å². The van der Waals surface area contributed by atoms with Crippen molar-refractivity contribution in [2.45, 2.75) is 77.4 Å². The molecule has 0 aliphatic heterocycles. The van der Waals surface area contributed by atoms with Crippen LogP contribution < -0.4 is 5.63 Å². The van der Waals surface area contributed by atoms with Gasteiger partial charge in [-0.25, -0.2) is 4.79 Å². The van der Waals surface area contributed by atoms with E-state index in [2.05, 4.69) is 6.92 Å². The maximum atomic E-state index is 11.2. The first-order chi connectivity index (χ1) is 10.5. The second-order valence-corrected chi connectivity index (χ2v) is 5.97. The summed E-state index contributed by atoms with van der Waals surface area (Å²) in [6.07, 6.45) is 6.59. The molecular weight excluding hydrogens is 284 g/mol. The zero-order valence-corrected chi connectivity index (χ0v) is 13.5. The molecule has 22 heavy (non-hydrogen) atoms. The van der Waals surface area contributed by atoms with Crippen molar-refractivity contribution in [3.05, 3.63) is 27.8 Å². The molecule has 5 nitrogen and oxygen atoms in total. The zero-order valence-electron chi connectivity index (χ0n) is 13.5. The molecule has 1 aromatic heterocycles. The molecule has 3 N–H and O–H groups in total. The molecule has 0 aliphatic carbocycles. The van der Waals surface area contributed by atoms with Gasteiger partial charge in [0.1, 0.15) is 12.0 Å². The highest BCUT2D eigenvalue weighted by Crippen LogP contribution is 2.21. The van der Waals surface area contributed by atoms with Crippen molar-refractivity contribution in [1.82, 2.24) is 0 Å². The Morgan fingerprint density at radius 1 is 1.14 bits per heavy atom. The van der Waals surface area contributed by atoms with Crippen LogP contribution in [-0.4, -0.2) is 27.5 Å². The van der Waals surface area contributed by atoms with Gasteiger partial charge in [-0.15, -0.1) is 0 Å². The summed E-state index contributed by atoms with van der Waals surface area (Å²) < 4.78 is 4.79. The topological polar surface area (TPSA) is 90.9 Å². The molecule has 0 bridgehead atoms. The maximum absolute atomic E-state index is 11.2. The molecule has 5 heteroatoms. The maximum Gasteiger partial charge on any atom is 0.342 e. The molecule has 1 aromatic rings. The van der Waals surface area contributed by atoms with Crippen molar-refractivity contribution in [1.29, 1.82) is 0 Å². The Balaban J connectivity index is 2.38. The highest BCUT2D eigenvalue weighted by molar-refractivity contribution is 5.35. The van der Waals surface area contributed by atoms with Gasteiger partial charge in [0.15, 0.2) is 0 Å². The average molecular weight is 312 g/mol. The number of rotatable bonds is 10. The number of hydrogen-bond acceptors (Lipinski definition) is 5. The van der Waals surface area contributed by atoms with Gasteiger partial charge in [-0.3, -0.25) is 0 Å². The zero-order chi connectivity index (χ0) is 16.5. The molecule has 0 amide bonds. The summed E-state index contributed by atoms with van der Waals surface area (Å²) in [5.41, 5.74) is -0.0521. The van der Waals surface area contributed by atoms with Crippen molar-refractivity contribution in [2.24, 2.45) is 0 Å². The first-order valence-corrected chi connectivity index (χ1v) is 8.12. The third-order valence-electron chi connectivity index (χ3n) is 3.91. The fraction of sp³-hybridized carbons (Fsp3) is 0.706. The Morgan fingerprint density at radius 3 is 2.50 bits per heavy atom. The average Bonchev–Trinajstić information content (AvgIpc) is 2.47. The molecule has 0 saturated carbocycles. The van der Waals surface area contributed by atoms with Crippen molar-refractivity contribution in [3.63, 3.8) is 0 Å². The summed E-state index contributed by atoms with van der Waals surface area (Å²) in [7, 11) is 0. The summed E-state index contributed by atoms with van der Waals surface area (Å²) in [4.78, 5) is 11.2. The van der Waals surface area contributed by atoms with E-state index in [-0.39, 0.29) is 24.2 Å². The van der Waals surface area contributed by atoms with Crippen LogP contribution in [0.4, 0.5) is 0 Å². The van der Waals surface area contributed by atoms with Crippen molar-refractivity contribution < 1.29 is 19.7 Å². The van der Waals surface area contributed by atoms with Gasteiger partial charge in [-0.2, -0.15) is 0 Å². The monoisotopic (exact) mass is 312 g/mol. The molecular formula is C17H28O5. The molecule has 1 rings (SSSR count). The summed E-state index contributed by atoms with van der Waals surface area (Å²) in [6.45, 7) is 3.64. The largest absolute Gasteiger partial charge is 0.507 e. The molecule has 0 unspecified atom stereocenters. The van der Waals surface area contributed by atoms with Crippen LogP contribution in [-0.2, 0) is 6.42 Å². The van der Waals surface area contributed by atoms with Crippen LogP contribution in [0, 0.1) is 6.92 Å². The van der Waals surface area contributed by atoms with Gasteiger partial charge in [0.2, 0.25) is 0 Å². The fourth-order valence-electron chi connectivity index (χ4n) is 2.50. The van der Waals surface area contributed by atoms with Gasteiger partial charge in [-0.05, 0) is 19.8 Å². The predicted octanol–water partition coefficient (Wildman–Crippen LogP) is 2.67. The predicted molar refractivity (Wildman–Crippen MR) is 85.1 cm³/mol. The Kier molecular flexibility index (Phi) is 8.20. The Morgan fingerprint density at radius 2 is 1.82 bits per heavy atom. The minimum absolute atomic E-state index is 0.135. The fourth-order valence-corrected chi connectivity index (χ4v) is 2.50. The Labute approximate surface area is 131 Å². The van der Waals surface area contributed by atoms with E-state index >= 15 is 0 Å². The Bertz CT molecular complexity index is 494. The van der Waals surface area contributed by atoms with Gasteiger partial charge < -0.3 is 19.7 Å². The molecule has 126 valence electrons. The van der Waals surface area contributed by atoms with E-state index in [0.29, 0.717) is 12.0 Å². The van der Waals surface area contributed by atoms with E-state index in [1.54, 1.807) is 0 Å². The number of hydrogen-bond donors (Lipinski definition) is 3. The number of unbranched alkanes of at least 4 members (excludes halogenated alkanes) is 4. The van der Waals surface area contributed by atoms with Crippen molar-refractivity contribution in [3.8, 4) is 5.75 Å². The lowest BCUT2D eigenvalue weighted by molar-refractivity contribution is 0.0736. The third-order valence-corrected chi connectivity index (χ3v) is 3.91. The molecule has 0 saturated heterocycles. The smallest absolute Gasteiger partial charge is 0.342 e. The minimum Gasteiger partial charge on any atom is -0.507 e. The van der Waals surface area contributed by atoms with Gasteiger partial charge in [-0.1, -0.05) is 39.0 Å². The minimum atomic E-state index is -0.774. The highest BCUT2D eigenvalue weighted by Gasteiger charge is 2.16. The number of aliphatic hydroxyl groups is 2. The first-order valence-electron chi connectivity index (χ1n) is 8.12. The van der Waals surface area contributed by atoms with Gasteiger partial charge in [0, 0.05) is 12.0 Å². The van der Waals surface area contributed by atoms with Crippen LogP contribution in [0.3, 0.4) is 0 Å². The van der Waals surface area contributed by atoms with E-state index in [9.17, 15) is 20.1 Å². The number of aromatic hydroxyl groups is 1. The lowest BCUT2D eigenvalue weighted by atomic mass is 9.99. The van der Waals surface area contributed by atoms with Crippen molar-refractivity contribution in [2.75, 3.05) is 0 Å². The standard InChI is InChI=1S/C17H28O5/c1-3-4-5-6-7-8-14(18)10-15(19)9-13-11-22-17(21)12(2)16(13)20/h11,14-15,18-20H,3-10H2,1-2H3/t14-,15+/m1/s1. The summed E-state index contributed by atoms with van der Waals surface area (Å²) in [6, 6.07) is 0. The highest BCUT2D eigenvalue weighted by atomic mass is 16.4. The normalized spacial score (nSPS) is 14.0. The second kappa shape index (κ2) is 9.64. The number of aliphatic hydroxyl groups excluding tert-OH is 2. The quantitative estimate of drug-likeness (QED) is 0.578. The van der Waals surface area contributed by atoms with Crippen LogP contribution in [0.15, 0.2) is 15.5 Å². The van der Waals surface area contributed by atoms with E-state index in [0.717, 1.165) is 12.8 Å². The SMILES string of the molecule is CCCCCCC[C@@H](O)C[C@@H](O)Cc1coc(=O)c(C)c1O. The second-order valence-electron chi connectivity index (χ2n) is 5.97. The van der Waals surface area contributed by atoms with E-state index in [1.165, 1.54) is 32.4 Å². The molecule has 2 atom stereocenters. The lowest BCUT2D eigenvalue weighted by Crippen LogP contribution is -2.20. The van der Waals surface area contributed by atoms with Crippen LogP contribution in [0.5, 0.6) is 5.75 Å². The van der Waals surface area contributed by atoms with E-state index in [1.807, 2.05) is 0 Å². The van der Waals surface area contributed by atoms with Crippen LogP contribution in [0.1, 0.15) is 63.0 Å². The molecule has 0 fully saturated rings. The van der Waals surface area contributed by atoms with Gasteiger partial charge in [0.05, 0.1) is 17.8 Å². The summed E-state index contributed by atoms with van der Waals surface area (Å²) in [5.74, 6) is -0.135. The van der Waals surface area contributed by atoms with Gasteiger partial charge >= 0.3 is 5.63 Å².